The number of amides is 2. The fourth-order valence-corrected chi connectivity index (χ4v) is 4.37. The normalized spacial score (nSPS) is 14.9. The van der Waals surface area contributed by atoms with Crippen molar-refractivity contribution in [1.29, 1.82) is 0 Å². The minimum atomic E-state index is -0.284. The Morgan fingerprint density at radius 1 is 1.16 bits per heavy atom. The maximum absolute atomic E-state index is 13.3. The lowest BCUT2D eigenvalue weighted by Gasteiger charge is -2.19. The molecule has 0 atom stereocenters. The number of aryl methyl sites for hydroxylation is 1. The Bertz CT molecular complexity index is 1060. The van der Waals surface area contributed by atoms with Gasteiger partial charge in [-0.15, -0.1) is 0 Å². The summed E-state index contributed by atoms with van der Waals surface area (Å²) in [7, 11) is 0. The molecule has 8 heteroatoms. The summed E-state index contributed by atoms with van der Waals surface area (Å²) >= 11 is 13.6. The highest BCUT2D eigenvalue weighted by Crippen LogP contribution is 2.32. The van der Waals surface area contributed by atoms with E-state index in [9.17, 15) is 9.59 Å². The fraction of sp³-hybridized carbons (Fsp3) is 0.292. The zero-order valence-corrected chi connectivity index (χ0v) is 20.5. The largest absolute Gasteiger partial charge is 0.353 e. The smallest absolute Gasteiger partial charge is 0.283 e. The first kappa shape index (κ1) is 24.4. The van der Waals surface area contributed by atoms with Gasteiger partial charge in [0.05, 0.1) is 21.5 Å². The molecule has 0 unspecified atom stereocenters. The highest BCUT2D eigenvalue weighted by Gasteiger charge is 2.32. The van der Waals surface area contributed by atoms with E-state index in [1.807, 2.05) is 45.0 Å². The van der Waals surface area contributed by atoms with Crippen LogP contribution in [0.15, 0.2) is 53.2 Å². The van der Waals surface area contributed by atoms with Gasteiger partial charge in [-0.25, -0.2) is 4.99 Å². The Kier molecular flexibility index (Phi) is 8.40. The number of amidine groups is 1. The summed E-state index contributed by atoms with van der Waals surface area (Å²) in [6.45, 7) is 6.06. The number of nitrogens with zero attached hydrogens (tertiary/aromatic N) is 2. The van der Waals surface area contributed by atoms with Crippen LogP contribution < -0.4 is 10.2 Å². The first-order chi connectivity index (χ1) is 15.3. The van der Waals surface area contributed by atoms with Crippen molar-refractivity contribution in [2.75, 3.05) is 10.7 Å². The molecule has 0 radical (unpaired) electrons. The number of anilines is 1. The number of nitrogens with one attached hydrogen (secondary N) is 1. The molecule has 0 aliphatic carbocycles. The topological polar surface area (TPSA) is 61.8 Å². The fourth-order valence-electron chi connectivity index (χ4n) is 3.19. The molecule has 5 nitrogen and oxygen atoms in total. The van der Waals surface area contributed by atoms with Gasteiger partial charge in [-0.2, -0.15) is 0 Å². The summed E-state index contributed by atoms with van der Waals surface area (Å²) in [4.78, 5) is 31.8. The number of carbonyl (C=O) groups excluding carboxylic acids is 2. The predicted molar refractivity (Wildman–Crippen MR) is 136 cm³/mol. The minimum Gasteiger partial charge on any atom is -0.353 e. The second-order valence-corrected chi connectivity index (χ2v) is 9.14. The number of halogens is 2. The van der Waals surface area contributed by atoms with Crippen LogP contribution in [0.3, 0.4) is 0 Å². The van der Waals surface area contributed by atoms with Gasteiger partial charge in [0.2, 0.25) is 5.91 Å². The summed E-state index contributed by atoms with van der Waals surface area (Å²) in [5.74, 6) is -0.207. The summed E-state index contributed by atoms with van der Waals surface area (Å²) in [5.41, 5.74) is 2.61. The van der Waals surface area contributed by atoms with E-state index in [0.29, 0.717) is 26.5 Å². The van der Waals surface area contributed by atoms with Crippen molar-refractivity contribution < 1.29 is 9.59 Å². The Morgan fingerprint density at radius 3 is 2.50 bits per heavy atom. The number of rotatable bonds is 7. The molecule has 2 amide bonds. The van der Waals surface area contributed by atoms with Gasteiger partial charge >= 0.3 is 0 Å². The standard InChI is InChI=1S/C24H25Cl2N3O2S/c1-4-17(5-2)27-21(30)14-32-24-28-20(13-16-7-6-8-19(25)22(16)26)23(31)29(24)18-11-9-15(3)10-12-18/h6-13,17H,4-5,14H2,1-3H3,(H,27,30). The van der Waals surface area contributed by atoms with E-state index in [0.717, 1.165) is 18.4 Å². The maximum Gasteiger partial charge on any atom is 0.283 e. The third-order valence-electron chi connectivity index (χ3n) is 5.08. The Labute approximate surface area is 202 Å². The predicted octanol–water partition coefficient (Wildman–Crippen LogP) is 6.08. The van der Waals surface area contributed by atoms with E-state index in [2.05, 4.69) is 10.3 Å². The number of thioether (sulfide) groups is 1. The highest BCUT2D eigenvalue weighted by molar-refractivity contribution is 8.14. The number of hydrogen-bond acceptors (Lipinski definition) is 4. The van der Waals surface area contributed by atoms with E-state index in [4.69, 9.17) is 23.2 Å². The van der Waals surface area contributed by atoms with Crippen molar-refractivity contribution in [1.82, 2.24) is 5.32 Å². The molecule has 0 aromatic heterocycles. The van der Waals surface area contributed by atoms with Crippen LogP contribution in [-0.4, -0.2) is 28.8 Å². The molecular formula is C24H25Cl2N3O2S. The number of benzene rings is 2. The van der Waals surface area contributed by atoms with Gasteiger partial charge in [0.25, 0.3) is 5.91 Å². The number of aliphatic imine (C=N–C) groups is 1. The molecule has 0 bridgehead atoms. The average Bonchev–Trinajstić information content (AvgIpc) is 3.09. The average molecular weight is 490 g/mol. The van der Waals surface area contributed by atoms with E-state index < -0.39 is 0 Å². The van der Waals surface area contributed by atoms with Crippen molar-refractivity contribution in [2.24, 2.45) is 4.99 Å². The van der Waals surface area contributed by atoms with Crippen LogP contribution in [-0.2, 0) is 9.59 Å². The second-order valence-electron chi connectivity index (χ2n) is 7.41. The van der Waals surface area contributed by atoms with Crippen LogP contribution in [0.2, 0.25) is 10.0 Å². The minimum absolute atomic E-state index is 0.0852. The van der Waals surface area contributed by atoms with E-state index in [1.165, 1.54) is 16.7 Å². The lowest BCUT2D eigenvalue weighted by molar-refractivity contribution is -0.119. The molecule has 32 heavy (non-hydrogen) atoms. The molecule has 3 rings (SSSR count). The van der Waals surface area contributed by atoms with Gasteiger partial charge in [0.15, 0.2) is 5.17 Å². The lowest BCUT2D eigenvalue weighted by Crippen LogP contribution is -2.36. The van der Waals surface area contributed by atoms with Crippen LogP contribution in [0.1, 0.15) is 37.8 Å². The van der Waals surface area contributed by atoms with Crippen molar-refractivity contribution in [3.05, 3.63) is 69.3 Å². The molecular weight excluding hydrogens is 465 g/mol. The second kappa shape index (κ2) is 11.0. The van der Waals surface area contributed by atoms with Gasteiger partial charge in [-0.3, -0.25) is 14.5 Å². The van der Waals surface area contributed by atoms with Crippen LogP contribution in [0.25, 0.3) is 6.08 Å². The SMILES string of the molecule is CCC(CC)NC(=O)CSC1=NC(=Cc2cccc(Cl)c2Cl)C(=O)N1c1ccc(C)cc1. The third-order valence-corrected chi connectivity index (χ3v) is 6.85. The molecule has 0 saturated carbocycles. The quantitative estimate of drug-likeness (QED) is 0.479. The van der Waals surface area contributed by atoms with Crippen molar-refractivity contribution >= 4 is 63.7 Å². The van der Waals surface area contributed by atoms with Gasteiger partial charge in [0.1, 0.15) is 5.70 Å². The summed E-state index contributed by atoms with van der Waals surface area (Å²) in [6.07, 6.45) is 3.36. The molecule has 0 spiro atoms. The van der Waals surface area contributed by atoms with Crippen LogP contribution in [0.4, 0.5) is 5.69 Å². The highest BCUT2D eigenvalue weighted by atomic mass is 35.5. The monoisotopic (exact) mass is 489 g/mol. The molecule has 1 aliphatic rings. The zero-order chi connectivity index (χ0) is 23.3. The van der Waals surface area contributed by atoms with Crippen molar-refractivity contribution in [2.45, 2.75) is 39.7 Å². The number of hydrogen-bond donors (Lipinski definition) is 1. The lowest BCUT2D eigenvalue weighted by atomic mass is 10.2. The molecule has 2 aromatic carbocycles. The molecule has 2 aromatic rings. The summed E-state index contributed by atoms with van der Waals surface area (Å²) < 4.78 is 0. The third kappa shape index (κ3) is 5.74. The molecule has 0 saturated heterocycles. The van der Waals surface area contributed by atoms with E-state index >= 15 is 0 Å². The Hall–Kier alpha value is -2.28. The van der Waals surface area contributed by atoms with Gasteiger partial charge in [0, 0.05) is 6.04 Å². The van der Waals surface area contributed by atoms with Gasteiger partial charge in [-0.1, -0.05) is 78.6 Å². The summed E-state index contributed by atoms with van der Waals surface area (Å²) in [6, 6.07) is 13.0. The van der Waals surface area contributed by atoms with Crippen molar-refractivity contribution in [3.8, 4) is 0 Å². The maximum atomic E-state index is 13.3. The van der Waals surface area contributed by atoms with E-state index in [1.54, 1.807) is 24.3 Å². The van der Waals surface area contributed by atoms with Crippen molar-refractivity contribution in [3.63, 3.8) is 0 Å². The Balaban J connectivity index is 1.90. The van der Waals surface area contributed by atoms with Crippen LogP contribution in [0, 0.1) is 6.92 Å². The van der Waals surface area contributed by atoms with Crippen LogP contribution >= 0.6 is 35.0 Å². The van der Waals surface area contributed by atoms with E-state index in [-0.39, 0.29) is 29.3 Å². The molecule has 1 N–H and O–H groups in total. The molecule has 168 valence electrons. The molecule has 0 fully saturated rings. The van der Waals surface area contributed by atoms with Gasteiger partial charge < -0.3 is 5.32 Å². The van der Waals surface area contributed by atoms with Gasteiger partial charge in [-0.05, 0) is 49.6 Å². The molecule has 1 heterocycles. The summed E-state index contributed by atoms with van der Waals surface area (Å²) in [5, 5.41) is 4.22. The molecule has 1 aliphatic heterocycles. The first-order valence-electron chi connectivity index (χ1n) is 10.4. The van der Waals surface area contributed by atoms with Crippen LogP contribution in [0.5, 0.6) is 0 Å². The Morgan fingerprint density at radius 2 is 1.84 bits per heavy atom. The number of carbonyl (C=O) groups is 2. The zero-order valence-electron chi connectivity index (χ0n) is 18.2. The first-order valence-corrected chi connectivity index (χ1v) is 12.2.